The predicted molar refractivity (Wildman–Crippen MR) is 83.7 cm³/mol. The van der Waals surface area contributed by atoms with Crippen LogP contribution in [0.25, 0.3) is 0 Å². The molecule has 0 radical (unpaired) electrons. The SMILES string of the molecule is CNC(Cc1cc(Br)cs1)c1ccc(Cl)c(C)c1. The smallest absolute Gasteiger partial charge is 0.0435 e. The quantitative estimate of drug-likeness (QED) is 0.825. The van der Waals surface area contributed by atoms with Crippen molar-refractivity contribution in [2.24, 2.45) is 0 Å². The lowest BCUT2D eigenvalue weighted by Crippen LogP contribution is -2.18. The number of likely N-dealkylation sites (N-methyl/N-ethyl adjacent to an activating group) is 1. The summed E-state index contributed by atoms with van der Waals surface area (Å²) in [6.45, 7) is 2.04. The van der Waals surface area contributed by atoms with Crippen LogP contribution in [0.15, 0.2) is 34.1 Å². The van der Waals surface area contributed by atoms with Crippen LogP contribution in [0.2, 0.25) is 5.02 Å². The van der Waals surface area contributed by atoms with E-state index in [1.807, 2.05) is 20.0 Å². The summed E-state index contributed by atoms with van der Waals surface area (Å²) < 4.78 is 1.16. The second-order valence-electron chi connectivity index (χ2n) is 4.29. The first-order valence-electron chi connectivity index (χ1n) is 5.76. The van der Waals surface area contributed by atoms with Crippen LogP contribution < -0.4 is 5.32 Å². The molecule has 0 amide bonds. The van der Waals surface area contributed by atoms with E-state index in [1.165, 1.54) is 10.4 Å². The zero-order chi connectivity index (χ0) is 13.1. The standard InChI is InChI=1S/C14H15BrClNS/c1-9-5-10(3-4-13(9)16)14(17-2)7-12-6-11(15)8-18-12/h3-6,8,14,17H,7H2,1-2H3. The van der Waals surface area contributed by atoms with Gasteiger partial charge in [0, 0.05) is 32.2 Å². The minimum Gasteiger partial charge on any atom is -0.313 e. The summed E-state index contributed by atoms with van der Waals surface area (Å²) >= 11 is 11.3. The van der Waals surface area contributed by atoms with Crippen molar-refractivity contribution in [3.8, 4) is 0 Å². The van der Waals surface area contributed by atoms with E-state index in [2.05, 4.69) is 44.8 Å². The van der Waals surface area contributed by atoms with Gasteiger partial charge in [-0.05, 0) is 53.2 Å². The highest BCUT2D eigenvalue weighted by atomic mass is 79.9. The van der Waals surface area contributed by atoms with Crippen LogP contribution in [-0.4, -0.2) is 7.05 Å². The highest BCUT2D eigenvalue weighted by molar-refractivity contribution is 9.10. The summed E-state index contributed by atoms with van der Waals surface area (Å²) in [7, 11) is 2.00. The maximum Gasteiger partial charge on any atom is 0.0435 e. The van der Waals surface area contributed by atoms with Crippen LogP contribution in [0, 0.1) is 6.92 Å². The van der Waals surface area contributed by atoms with Crippen LogP contribution in [0.5, 0.6) is 0 Å². The molecule has 0 fully saturated rings. The van der Waals surface area contributed by atoms with Gasteiger partial charge in [-0.15, -0.1) is 11.3 Å². The largest absolute Gasteiger partial charge is 0.313 e. The van der Waals surface area contributed by atoms with Crippen molar-refractivity contribution < 1.29 is 0 Å². The van der Waals surface area contributed by atoms with Crippen molar-refractivity contribution in [3.05, 3.63) is 55.1 Å². The third-order valence-corrected chi connectivity index (χ3v) is 5.10. The molecule has 0 aliphatic heterocycles. The fourth-order valence-corrected chi connectivity index (χ4v) is 3.55. The first-order valence-corrected chi connectivity index (χ1v) is 7.81. The van der Waals surface area contributed by atoms with Gasteiger partial charge in [0.15, 0.2) is 0 Å². The number of nitrogens with one attached hydrogen (secondary N) is 1. The summed E-state index contributed by atoms with van der Waals surface area (Å²) in [5.74, 6) is 0. The molecule has 2 rings (SSSR count). The molecule has 1 heterocycles. The van der Waals surface area contributed by atoms with E-state index in [9.17, 15) is 0 Å². The summed E-state index contributed by atoms with van der Waals surface area (Å²) in [5, 5.41) is 6.32. The minimum atomic E-state index is 0.325. The third kappa shape index (κ3) is 3.35. The van der Waals surface area contributed by atoms with Crippen LogP contribution >= 0.6 is 38.9 Å². The molecule has 0 saturated carbocycles. The van der Waals surface area contributed by atoms with Gasteiger partial charge in [0.1, 0.15) is 0 Å². The van der Waals surface area contributed by atoms with Crippen molar-refractivity contribution in [2.45, 2.75) is 19.4 Å². The Kier molecular flexibility index (Phi) is 4.84. The van der Waals surface area contributed by atoms with E-state index in [0.717, 1.165) is 21.5 Å². The Morgan fingerprint density at radius 3 is 2.72 bits per heavy atom. The molecule has 0 aliphatic carbocycles. The van der Waals surface area contributed by atoms with Gasteiger partial charge in [-0.1, -0.05) is 23.7 Å². The topological polar surface area (TPSA) is 12.0 Å². The first-order chi connectivity index (χ1) is 8.60. The fraction of sp³-hybridized carbons (Fsp3) is 0.286. The molecule has 1 unspecified atom stereocenters. The van der Waals surface area contributed by atoms with Crippen molar-refractivity contribution in [1.82, 2.24) is 5.32 Å². The zero-order valence-electron chi connectivity index (χ0n) is 10.3. The Morgan fingerprint density at radius 1 is 1.39 bits per heavy atom. The Morgan fingerprint density at radius 2 is 2.17 bits per heavy atom. The Bertz CT molecular complexity index is 538. The molecule has 4 heteroatoms. The molecular weight excluding hydrogens is 330 g/mol. The summed E-state index contributed by atoms with van der Waals surface area (Å²) in [6, 6.07) is 8.73. The highest BCUT2D eigenvalue weighted by Crippen LogP contribution is 2.27. The molecule has 0 aliphatic rings. The fourth-order valence-electron chi connectivity index (χ4n) is 1.93. The van der Waals surface area contributed by atoms with Gasteiger partial charge in [-0.25, -0.2) is 0 Å². The number of hydrogen-bond donors (Lipinski definition) is 1. The number of rotatable bonds is 4. The van der Waals surface area contributed by atoms with E-state index in [-0.39, 0.29) is 0 Å². The van der Waals surface area contributed by atoms with Gasteiger partial charge in [0.2, 0.25) is 0 Å². The third-order valence-electron chi connectivity index (χ3n) is 2.96. The second-order valence-corrected chi connectivity index (χ2v) is 6.60. The molecule has 1 atom stereocenters. The van der Waals surface area contributed by atoms with Crippen LogP contribution in [0.4, 0.5) is 0 Å². The van der Waals surface area contributed by atoms with Gasteiger partial charge in [-0.2, -0.15) is 0 Å². The predicted octanol–water partition coefficient (Wildman–Crippen LogP) is 4.98. The van der Waals surface area contributed by atoms with Gasteiger partial charge in [-0.3, -0.25) is 0 Å². The first kappa shape index (κ1) is 14.1. The molecule has 1 nitrogen and oxygen atoms in total. The van der Waals surface area contributed by atoms with E-state index < -0.39 is 0 Å². The number of halogens is 2. The van der Waals surface area contributed by atoms with E-state index in [0.29, 0.717) is 6.04 Å². The molecule has 1 N–H and O–H groups in total. The van der Waals surface area contributed by atoms with Gasteiger partial charge in [0.05, 0.1) is 0 Å². The Labute approximate surface area is 125 Å². The molecular formula is C14H15BrClNS. The van der Waals surface area contributed by atoms with Gasteiger partial charge in [0.25, 0.3) is 0 Å². The number of benzene rings is 1. The summed E-state index contributed by atoms with van der Waals surface area (Å²) in [6.07, 6.45) is 0.994. The zero-order valence-corrected chi connectivity index (χ0v) is 13.5. The lowest BCUT2D eigenvalue weighted by atomic mass is 10.0. The highest BCUT2D eigenvalue weighted by Gasteiger charge is 2.12. The molecule has 0 saturated heterocycles. The lowest BCUT2D eigenvalue weighted by Gasteiger charge is -2.16. The van der Waals surface area contributed by atoms with Crippen LogP contribution in [-0.2, 0) is 6.42 Å². The van der Waals surface area contributed by atoms with Crippen molar-refractivity contribution in [2.75, 3.05) is 7.05 Å². The average Bonchev–Trinajstić information content (AvgIpc) is 2.75. The van der Waals surface area contributed by atoms with E-state index in [4.69, 9.17) is 11.6 Å². The second kappa shape index (κ2) is 6.20. The summed E-state index contributed by atoms with van der Waals surface area (Å²) in [5.41, 5.74) is 2.41. The minimum absolute atomic E-state index is 0.325. The maximum absolute atomic E-state index is 6.07. The van der Waals surface area contributed by atoms with E-state index >= 15 is 0 Å². The van der Waals surface area contributed by atoms with Crippen molar-refractivity contribution >= 4 is 38.9 Å². The number of thiophene rings is 1. The molecule has 96 valence electrons. The molecule has 0 bridgehead atoms. The van der Waals surface area contributed by atoms with E-state index in [1.54, 1.807) is 11.3 Å². The van der Waals surface area contributed by atoms with Crippen molar-refractivity contribution in [3.63, 3.8) is 0 Å². The van der Waals surface area contributed by atoms with Crippen LogP contribution in [0.1, 0.15) is 22.0 Å². The van der Waals surface area contributed by atoms with Crippen molar-refractivity contribution in [1.29, 1.82) is 0 Å². The van der Waals surface area contributed by atoms with Crippen LogP contribution in [0.3, 0.4) is 0 Å². The van der Waals surface area contributed by atoms with Gasteiger partial charge < -0.3 is 5.32 Å². The lowest BCUT2D eigenvalue weighted by molar-refractivity contribution is 0.596. The van der Waals surface area contributed by atoms with Gasteiger partial charge >= 0.3 is 0 Å². The monoisotopic (exact) mass is 343 g/mol. The molecule has 1 aromatic carbocycles. The number of hydrogen-bond acceptors (Lipinski definition) is 2. The average molecular weight is 345 g/mol. The molecule has 1 aromatic heterocycles. The Balaban J connectivity index is 2.19. The molecule has 2 aromatic rings. The number of aryl methyl sites for hydroxylation is 1. The normalized spacial score (nSPS) is 12.7. The Hall–Kier alpha value is -0.350. The molecule has 0 spiro atoms. The summed E-state index contributed by atoms with van der Waals surface area (Å²) in [4.78, 5) is 1.37. The maximum atomic E-state index is 6.07. The molecule has 18 heavy (non-hydrogen) atoms.